The van der Waals surface area contributed by atoms with E-state index in [1.807, 2.05) is 36.4 Å². The first kappa shape index (κ1) is 13.5. The highest BCUT2D eigenvalue weighted by molar-refractivity contribution is 5.96. The van der Waals surface area contributed by atoms with Crippen molar-refractivity contribution in [3.63, 3.8) is 0 Å². The molecule has 4 nitrogen and oxygen atoms in total. The predicted molar refractivity (Wildman–Crippen MR) is 59.6 cm³/mol. The fraction of sp³-hybridized carbons (Fsp3) is 0. The summed E-state index contributed by atoms with van der Waals surface area (Å²) in [5, 5.41) is 15.5. The zero-order valence-corrected chi connectivity index (χ0v) is 8.38. The van der Waals surface area contributed by atoms with Gasteiger partial charge < -0.3 is 10.2 Å². The highest BCUT2D eigenvalue weighted by atomic mass is 16.4. The Balaban J connectivity index is 0.000000281. The molecule has 0 aromatic heterocycles. The molecule has 0 amide bonds. The van der Waals surface area contributed by atoms with E-state index < -0.39 is 11.9 Å². The molecule has 1 rings (SSSR count). The summed E-state index contributed by atoms with van der Waals surface area (Å²) in [7, 11) is 0. The summed E-state index contributed by atoms with van der Waals surface area (Å²) in [5.74, 6) is -0.0511. The number of hydrogen-bond donors (Lipinski definition) is 2. The van der Waals surface area contributed by atoms with Crippen molar-refractivity contribution in [2.24, 2.45) is 0 Å². The second-order valence-electron chi connectivity index (χ2n) is 2.48. The molecule has 0 unspecified atom stereocenters. The molecule has 0 fully saturated rings. The molecule has 1 aromatic carbocycles. The van der Waals surface area contributed by atoms with E-state index in [1.54, 1.807) is 0 Å². The molecule has 16 heavy (non-hydrogen) atoms. The third-order valence-corrected chi connectivity index (χ3v) is 1.31. The Hall–Kier alpha value is -2.54. The van der Waals surface area contributed by atoms with Gasteiger partial charge in [0.25, 0.3) is 0 Å². The molecular weight excluding hydrogens is 208 g/mol. The number of carboxylic acid groups (broad SMARTS) is 2. The third-order valence-electron chi connectivity index (χ3n) is 1.31. The number of carboxylic acids is 2. The number of rotatable bonds is 1. The summed E-state index contributed by atoms with van der Waals surface area (Å²) in [6, 6.07) is 10.0. The molecule has 82 valence electrons. The van der Waals surface area contributed by atoms with Crippen molar-refractivity contribution in [1.82, 2.24) is 0 Å². The van der Waals surface area contributed by atoms with E-state index in [2.05, 4.69) is 6.58 Å². The van der Waals surface area contributed by atoms with E-state index in [4.69, 9.17) is 10.2 Å². The van der Waals surface area contributed by atoms with Gasteiger partial charge in [-0.25, -0.2) is 9.59 Å². The van der Waals surface area contributed by atoms with Gasteiger partial charge in [-0.1, -0.05) is 43.0 Å². The van der Waals surface area contributed by atoms with Crippen LogP contribution >= 0.6 is 0 Å². The van der Waals surface area contributed by atoms with Crippen LogP contribution in [0.1, 0.15) is 5.56 Å². The molecule has 0 aliphatic heterocycles. The van der Waals surface area contributed by atoms with Crippen LogP contribution in [0.5, 0.6) is 0 Å². The van der Waals surface area contributed by atoms with Crippen LogP contribution in [0.25, 0.3) is 6.08 Å². The van der Waals surface area contributed by atoms with Crippen molar-refractivity contribution in [2.75, 3.05) is 0 Å². The first-order valence-electron chi connectivity index (χ1n) is 4.21. The van der Waals surface area contributed by atoms with Crippen LogP contribution in [0.3, 0.4) is 0 Å². The van der Waals surface area contributed by atoms with Crippen molar-refractivity contribution in [3.8, 4) is 11.8 Å². The van der Waals surface area contributed by atoms with Crippen molar-refractivity contribution >= 4 is 18.0 Å². The Morgan fingerprint density at radius 3 is 1.75 bits per heavy atom. The van der Waals surface area contributed by atoms with Crippen LogP contribution in [-0.4, -0.2) is 22.2 Å². The van der Waals surface area contributed by atoms with Gasteiger partial charge in [0.05, 0.1) is 0 Å². The molecule has 0 saturated carbocycles. The van der Waals surface area contributed by atoms with Gasteiger partial charge in [0.15, 0.2) is 0 Å². The lowest BCUT2D eigenvalue weighted by Crippen LogP contribution is -1.92. The maximum atomic E-state index is 9.47. The Labute approximate surface area is 92.8 Å². The molecular formula is C12H10O4. The summed E-state index contributed by atoms with van der Waals surface area (Å²) in [4.78, 5) is 18.9. The predicted octanol–water partition coefficient (Wildman–Crippen LogP) is 1.49. The third kappa shape index (κ3) is 8.08. The SMILES string of the molecule is C=Cc1ccccc1.O=C(O)C#CC(=O)O. The smallest absolute Gasteiger partial charge is 0.382 e. The maximum Gasteiger partial charge on any atom is 0.382 e. The van der Waals surface area contributed by atoms with E-state index in [-0.39, 0.29) is 0 Å². The van der Waals surface area contributed by atoms with E-state index in [0.29, 0.717) is 0 Å². The van der Waals surface area contributed by atoms with Gasteiger partial charge in [0.2, 0.25) is 0 Å². The van der Waals surface area contributed by atoms with Gasteiger partial charge in [0, 0.05) is 11.8 Å². The molecule has 1 aromatic rings. The fourth-order valence-corrected chi connectivity index (χ4v) is 0.696. The average molecular weight is 218 g/mol. The largest absolute Gasteiger partial charge is 0.472 e. The average Bonchev–Trinajstić information content (AvgIpc) is 2.28. The number of hydrogen-bond acceptors (Lipinski definition) is 2. The summed E-state index contributed by atoms with van der Waals surface area (Å²) in [6.45, 7) is 3.63. The summed E-state index contributed by atoms with van der Waals surface area (Å²) < 4.78 is 0. The van der Waals surface area contributed by atoms with E-state index in [0.717, 1.165) is 0 Å². The van der Waals surface area contributed by atoms with E-state index in [1.165, 1.54) is 17.4 Å². The molecule has 0 atom stereocenters. The van der Waals surface area contributed by atoms with Crippen molar-refractivity contribution < 1.29 is 19.8 Å². The van der Waals surface area contributed by atoms with Gasteiger partial charge in [-0.3, -0.25) is 0 Å². The van der Waals surface area contributed by atoms with Crippen molar-refractivity contribution in [1.29, 1.82) is 0 Å². The van der Waals surface area contributed by atoms with Gasteiger partial charge in [-0.15, -0.1) is 0 Å². The summed E-state index contributed by atoms with van der Waals surface area (Å²) >= 11 is 0. The standard InChI is InChI=1S/C8H8.C4H2O4/c1-2-8-6-4-3-5-7-8;5-3(6)1-2-4(7)8/h2-7H,1H2;(H,5,6)(H,7,8). The molecule has 0 spiro atoms. The van der Waals surface area contributed by atoms with Crippen LogP contribution in [0.2, 0.25) is 0 Å². The molecule has 4 heteroatoms. The van der Waals surface area contributed by atoms with Crippen LogP contribution in [-0.2, 0) is 9.59 Å². The lowest BCUT2D eigenvalue weighted by molar-refractivity contribution is -0.132. The summed E-state index contributed by atoms with van der Waals surface area (Å²) in [6.07, 6.45) is 1.83. The van der Waals surface area contributed by atoms with Crippen LogP contribution < -0.4 is 0 Å². The molecule has 0 bridgehead atoms. The van der Waals surface area contributed by atoms with Gasteiger partial charge >= 0.3 is 11.9 Å². The number of benzene rings is 1. The molecule has 0 aliphatic rings. The van der Waals surface area contributed by atoms with Crippen molar-refractivity contribution in [2.45, 2.75) is 0 Å². The molecule has 0 heterocycles. The first-order valence-corrected chi connectivity index (χ1v) is 4.21. The minimum absolute atomic E-state index is 1.17. The fourth-order valence-electron chi connectivity index (χ4n) is 0.696. The maximum absolute atomic E-state index is 9.47. The molecule has 2 N–H and O–H groups in total. The quantitative estimate of drug-likeness (QED) is 0.700. The highest BCUT2D eigenvalue weighted by Gasteiger charge is 1.86. The monoisotopic (exact) mass is 218 g/mol. The lowest BCUT2D eigenvalue weighted by Gasteiger charge is -1.85. The Morgan fingerprint density at radius 2 is 1.50 bits per heavy atom. The van der Waals surface area contributed by atoms with E-state index in [9.17, 15) is 9.59 Å². The Bertz CT molecular complexity index is 405. The molecule has 0 radical (unpaired) electrons. The normalized spacial score (nSPS) is 7.50. The minimum atomic E-state index is -1.44. The van der Waals surface area contributed by atoms with E-state index >= 15 is 0 Å². The van der Waals surface area contributed by atoms with Gasteiger partial charge in [-0.2, -0.15) is 0 Å². The van der Waals surface area contributed by atoms with Gasteiger partial charge in [-0.05, 0) is 5.56 Å². The Morgan fingerprint density at radius 1 is 1.06 bits per heavy atom. The van der Waals surface area contributed by atoms with Crippen LogP contribution in [0.15, 0.2) is 36.9 Å². The second-order valence-corrected chi connectivity index (χ2v) is 2.48. The minimum Gasteiger partial charge on any atom is -0.472 e. The number of carbonyl (C=O) groups is 2. The number of aliphatic carboxylic acids is 2. The lowest BCUT2D eigenvalue weighted by atomic mass is 10.2. The van der Waals surface area contributed by atoms with Gasteiger partial charge in [0.1, 0.15) is 0 Å². The molecule has 0 aliphatic carbocycles. The second kappa shape index (κ2) is 7.83. The van der Waals surface area contributed by atoms with Crippen molar-refractivity contribution in [3.05, 3.63) is 42.5 Å². The highest BCUT2D eigenvalue weighted by Crippen LogP contribution is 1.97. The first-order chi connectivity index (χ1) is 7.56. The van der Waals surface area contributed by atoms with Crippen LogP contribution in [0, 0.1) is 11.8 Å². The molecule has 0 saturated heterocycles. The van der Waals surface area contributed by atoms with Crippen LogP contribution in [0.4, 0.5) is 0 Å². The zero-order valence-electron chi connectivity index (χ0n) is 8.38. The summed E-state index contributed by atoms with van der Waals surface area (Å²) in [5.41, 5.74) is 1.17. The topological polar surface area (TPSA) is 74.6 Å². The zero-order chi connectivity index (χ0) is 12.4. The Kier molecular flexibility index (Phi) is 6.58.